The van der Waals surface area contributed by atoms with Gasteiger partial charge in [0.2, 0.25) is 0 Å². The monoisotopic (exact) mass is 654 g/mol. The van der Waals surface area contributed by atoms with Gasteiger partial charge in [-0.2, -0.15) is 0 Å². The molecule has 0 amide bonds. The van der Waals surface area contributed by atoms with E-state index in [4.69, 9.17) is 50.9 Å². The standard InChI is InChI=1S/C28H54O13Si2/c1-25(2)31-13-17(35-25)21(29)23(19-15-33-27(5,6)37-19)39-42(9,10)41-43(11,12)40-24(20-16-34-28(7,8)38-20)22(30)18-14-32-26(3,4)36-18/h17-24,29-30H,13-16H2,1-12H3/t17-,18-,19-,20-,21-,22-,23-,24-/m1/s1. The Bertz CT molecular complexity index is 885. The van der Waals surface area contributed by atoms with Gasteiger partial charge in [0.15, 0.2) is 23.1 Å². The molecule has 0 aromatic heterocycles. The molecule has 0 unspecified atom stereocenters. The minimum atomic E-state index is -3.05. The second kappa shape index (κ2) is 12.5. The molecule has 4 heterocycles. The topological polar surface area (TPSA) is 142 Å². The van der Waals surface area contributed by atoms with E-state index in [1.54, 1.807) is 27.7 Å². The lowest BCUT2D eigenvalue weighted by Crippen LogP contribution is -2.59. The average molecular weight is 655 g/mol. The lowest BCUT2D eigenvalue weighted by Gasteiger charge is -2.41. The van der Waals surface area contributed by atoms with Crippen LogP contribution in [-0.4, -0.2) is 126 Å². The van der Waals surface area contributed by atoms with E-state index in [1.807, 2.05) is 53.9 Å². The molecule has 4 aliphatic rings. The van der Waals surface area contributed by atoms with E-state index in [1.165, 1.54) is 0 Å². The van der Waals surface area contributed by atoms with Gasteiger partial charge in [-0.15, -0.1) is 0 Å². The Hall–Kier alpha value is -0.0862. The van der Waals surface area contributed by atoms with Gasteiger partial charge < -0.3 is 61.1 Å². The number of aliphatic hydroxyl groups is 2. The molecule has 0 aliphatic carbocycles. The van der Waals surface area contributed by atoms with Crippen molar-refractivity contribution in [3.05, 3.63) is 0 Å². The number of hydrogen-bond donors (Lipinski definition) is 2. The van der Waals surface area contributed by atoms with Gasteiger partial charge in [0.05, 0.1) is 26.4 Å². The van der Waals surface area contributed by atoms with Gasteiger partial charge in [0, 0.05) is 0 Å². The molecule has 2 N–H and O–H groups in total. The van der Waals surface area contributed by atoms with Gasteiger partial charge >= 0.3 is 17.1 Å². The van der Waals surface area contributed by atoms with Crippen LogP contribution in [0.5, 0.6) is 0 Å². The molecule has 252 valence electrons. The van der Waals surface area contributed by atoms with Crippen molar-refractivity contribution in [3.63, 3.8) is 0 Å². The van der Waals surface area contributed by atoms with E-state index < -0.39 is 89.1 Å². The molecule has 0 saturated carbocycles. The molecule has 0 spiro atoms. The summed E-state index contributed by atoms with van der Waals surface area (Å²) in [6.07, 6.45) is -6.18. The molecule has 0 bridgehead atoms. The van der Waals surface area contributed by atoms with Crippen molar-refractivity contribution in [2.45, 2.75) is 154 Å². The maximum Gasteiger partial charge on any atom is 0.323 e. The fraction of sp³-hybridized carbons (Fsp3) is 1.00. The summed E-state index contributed by atoms with van der Waals surface area (Å²) < 4.78 is 67.2. The molecule has 4 rings (SSSR count). The van der Waals surface area contributed by atoms with Crippen LogP contribution in [0, 0.1) is 0 Å². The molecular weight excluding hydrogens is 600 g/mol. The van der Waals surface area contributed by atoms with Crippen molar-refractivity contribution >= 4 is 17.1 Å². The Morgan fingerprint density at radius 1 is 0.512 bits per heavy atom. The normalized spacial score (nSPS) is 34.7. The lowest BCUT2D eigenvalue weighted by atomic mass is 10.0. The smallest absolute Gasteiger partial charge is 0.323 e. The Morgan fingerprint density at radius 2 is 0.767 bits per heavy atom. The lowest BCUT2D eigenvalue weighted by molar-refractivity contribution is -0.184. The molecule has 43 heavy (non-hydrogen) atoms. The predicted molar refractivity (Wildman–Crippen MR) is 157 cm³/mol. The SMILES string of the molecule is CC1(C)OC[C@H]([C@@H](O)[C@H](O[Si](C)(C)O[Si](C)(C)O[C@@H]([C@H](O)[C@H]2COC(C)(C)O2)[C@H]2COC(C)(C)O2)[C@H]2COC(C)(C)O2)O1. The number of ether oxygens (including phenoxy) is 8. The summed E-state index contributed by atoms with van der Waals surface area (Å²) in [6, 6.07) is 0. The van der Waals surface area contributed by atoms with Gasteiger partial charge in [-0.3, -0.25) is 0 Å². The highest BCUT2D eigenvalue weighted by Crippen LogP contribution is 2.36. The van der Waals surface area contributed by atoms with E-state index in [2.05, 4.69) is 0 Å². The third-order valence-electron chi connectivity index (χ3n) is 7.62. The molecule has 0 radical (unpaired) electrons. The van der Waals surface area contributed by atoms with E-state index in [0.29, 0.717) is 0 Å². The number of hydrogen-bond acceptors (Lipinski definition) is 13. The van der Waals surface area contributed by atoms with Crippen LogP contribution in [0.4, 0.5) is 0 Å². The summed E-state index contributed by atoms with van der Waals surface area (Å²) in [5, 5.41) is 23.0. The van der Waals surface area contributed by atoms with Crippen LogP contribution in [0.2, 0.25) is 26.2 Å². The van der Waals surface area contributed by atoms with Crippen molar-refractivity contribution in [1.82, 2.24) is 0 Å². The van der Waals surface area contributed by atoms with Crippen LogP contribution >= 0.6 is 0 Å². The third kappa shape index (κ3) is 9.48. The fourth-order valence-electron chi connectivity index (χ4n) is 5.97. The minimum absolute atomic E-state index is 0.209. The Morgan fingerprint density at radius 3 is 1.00 bits per heavy atom. The molecule has 4 saturated heterocycles. The maximum atomic E-state index is 11.5. The van der Waals surface area contributed by atoms with Gasteiger partial charge in [0.25, 0.3) is 0 Å². The van der Waals surface area contributed by atoms with Crippen molar-refractivity contribution in [2.24, 2.45) is 0 Å². The number of aliphatic hydroxyl groups excluding tert-OH is 2. The molecule has 13 nitrogen and oxygen atoms in total. The van der Waals surface area contributed by atoms with Crippen molar-refractivity contribution in [1.29, 1.82) is 0 Å². The van der Waals surface area contributed by atoms with Gasteiger partial charge in [-0.25, -0.2) is 0 Å². The van der Waals surface area contributed by atoms with Crippen LogP contribution in [0.15, 0.2) is 0 Å². The van der Waals surface area contributed by atoms with Crippen molar-refractivity contribution in [3.8, 4) is 0 Å². The highest BCUT2D eigenvalue weighted by Gasteiger charge is 2.52. The van der Waals surface area contributed by atoms with Crippen LogP contribution in [0.25, 0.3) is 0 Å². The van der Waals surface area contributed by atoms with Crippen LogP contribution in [0.1, 0.15) is 55.4 Å². The highest BCUT2D eigenvalue weighted by atomic mass is 28.5. The zero-order valence-electron chi connectivity index (χ0n) is 27.8. The van der Waals surface area contributed by atoms with Crippen LogP contribution in [0.3, 0.4) is 0 Å². The predicted octanol–water partition coefficient (Wildman–Crippen LogP) is 2.50. The zero-order valence-corrected chi connectivity index (χ0v) is 29.8. The first-order chi connectivity index (χ1) is 19.5. The van der Waals surface area contributed by atoms with Gasteiger partial charge in [-0.05, 0) is 81.6 Å². The van der Waals surface area contributed by atoms with E-state index >= 15 is 0 Å². The maximum absolute atomic E-state index is 11.5. The highest BCUT2D eigenvalue weighted by molar-refractivity contribution is 6.78. The Balaban J connectivity index is 1.50. The van der Waals surface area contributed by atoms with Crippen LogP contribution < -0.4 is 0 Å². The molecular formula is C28H54O13Si2. The summed E-state index contributed by atoms with van der Waals surface area (Å²) in [5.74, 6) is -3.31. The molecule has 0 aromatic carbocycles. The quantitative estimate of drug-likeness (QED) is 0.298. The van der Waals surface area contributed by atoms with Crippen LogP contribution in [-0.2, 0) is 50.9 Å². The van der Waals surface area contributed by atoms with Gasteiger partial charge in [-0.1, -0.05) is 0 Å². The Kier molecular flexibility index (Phi) is 10.4. The van der Waals surface area contributed by atoms with E-state index in [0.717, 1.165) is 0 Å². The molecule has 4 aliphatic heterocycles. The summed E-state index contributed by atoms with van der Waals surface area (Å²) >= 11 is 0. The zero-order chi connectivity index (χ0) is 32.2. The van der Waals surface area contributed by atoms with Crippen molar-refractivity contribution in [2.75, 3.05) is 26.4 Å². The molecule has 15 heteroatoms. The summed E-state index contributed by atoms with van der Waals surface area (Å²) in [4.78, 5) is 0. The summed E-state index contributed by atoms with van der Waals surface area (Å²) in [6.45, 7) is 22.9. The molecule has 0 aromatic rings. The molecule has 8 atom stereocenters. The van der Waals surface area contributed by atoms with Gasteiger partial charge in [0.1, 0.15) is 48.8 Å². The third-order valence-corrected chi connectivity index (χ3v) is 13.2. The number of rotatable bonds is 12. The average Bonchev–Trinajstić information content (AvgIpc) is 3.59. The summed E-state index contributed by atoms with van der Waals surface area (Å²) in [7, 11) is -6.11. The first-order valence-electron chi connectivity index (χ1n) is 15.2. The van der Waals surface area contributed by atoms with Crippen molar-refractivity contribution < 1.29 is 61.1 Å². The second-order valence-corrected chi connectivity index (χ2v) is 21.4. The minimum Gasteiger partial charge on any atom is -0.415 e. The van der Waals surface area contributed by atoms with E-state index in [-0.39, 0.29) is 26.4 Å². The summed E-state index contributed by atoms with van der Waals surface area (Å²) in [5.41, 5.74) is 0. The second-order valence-electron chi connectivity index (χ2n) is 14.5. The Labute approximate surface area is 258 Å². The fourth-order valence-corrected chi connectivity index (χ4v) is 13.0. The largest absolute Gasteiger partial charge is 0.415 e. The first-order valence-corrected chi connectivity index (χ1v) is 20.8. The molecule has 4 fully saturated rings. The van der Waals surface area contributed by atoms with E-state index in [9.17, 15) is 10.2 Å². The first kappa shape index (κ1) is 35.8.